The number of carboxylic acids is 1. The number of halogens is 1. The van der Waals surface area contributed by atoms with Gasteiger partial charge in [0.2, 0.25) is 0 Å². The summed E-state index contributed by atoms with van der Waals surface area (Å²) in [4.78, 5) is 22.9. The minimum Gasteiger partial charge on any atom is -0.480 e. The van der Waals surface area contributed by atoms with E-state index in [4.69, 9.17) is 23.1 Å². The number of carbonyl (C=O) groups is 2. The average Bonchev–Trinajstić information content (AvgIpc) is 2.59. The van der Waals surface area contributed by atoms with Gasteiger partial charge in [-0.1, -0.05) is 11.6 Å². The van der Waals surface area contributed by atoms with Crippen molar-refractivity contribution in [3.05, 3.63) is 20.8 Å². The molecule has 2 N–H and O–H groups in total. The number of hydrogen-bond donors (Lipinski definition) is 2. The van der Waals surface area contributed by atoms with Crippen LogP contribution in [0, 0.1) is 19.3 Å². The second-order valence-corrected chi connectivity index (χ2v) is 4.59. The van der Waals surface area contributed by atoms with Gasteiger partial charge in [-0.05, 0) is 17.9 Å². The number of carbonyl (C=O) groups excluding carboxylic acids is 1. The molecule has 1 unspecified atom stereocenters. The van der Waals surface area contributed by atoms with Gasteiger partial charge in [-0.2, -0.15) is 0 Å². The van der Waals surface area contributed by atoms with Crippen LogP contribution in [0.2, 0.25) is 5.02 Å². The lowest BCUT2D eigenvalue weighted by atomic mass is 10.2. The van der Waals surface area contributed by atoms with Gasteiger partial charge in [0.25, 0.3) is 5.91 Å². The molecule has 0 saturated heterocycles. The van der Waals surface area contributed by atoms with Crippen molar-refractivity contribution < 1.29 is 14.7 Å². The molecule has 0 fully saturated rings. The van der Waals surface area contributed by atoms with E-state index in [1.807, 2.05) is 0 Å². The molecule has 1 amide bonds. The first kappa shape index (κ1) is 13.6. The summed E-state index contributed by atoms with van der Waals surface area (Å²) in [7, 11) is 0. The second kappa shape index (κ2) is 5.71. The maximum absolute atomic E-state index is 11.8. The number of nitrogens with one attached hydrogen (secondary N) is 1. The lowest BCUT2D eigenvalue weighted by Crippen LogP contribution is -2.40. The number of carboxylic acid groups (broad SMARTS) is 1. The molecule has 0 radical (unpaired) electrons. The fourth-order valence-corrected chi connectivity index (χ4v) is 2.31. The van der Waals surface area contributed by atoms with Gasteiger partial charge in [0.1, 0.15) is 10.9 Å². The van der Waals surface area contributed by atoms with E-state index in [-0.39, 0.29) is 6.42 Å². The van der Waals surface area contributed by atoms with E-state index in [0.29, 0.717) is 9.90 Å². The first-order valence-electron chi connectivity index (χ1n) is 4.68. The Hall–Kier alpha value is -1.51. The third-order valence-corrected chi connectivity index (χ3v) is 3.73. The normalized spacial score (nSPS) is 11.6. The first-order chi connectivity index (χ1) is 7.97. The van der Waals surface area contributed by atoms with Crippen molar-refractivity contribution in [2.45, 2.75) is 19.4 Å². The Morgan fingerprint density at radius 2 is 2.35 bits per heavy atom. The Morgan fingerprint density at radius 3 is 2.76 bits per heavy atom. The molecular formula is C11H10ClNO3S. The SMILES string of the molecule is C#CCC(NC(=O)c1scc(C)c1Cl)C(=O)O. The molecule has 1 aromatic rings. The van der Waals surface area contributed by atoms with Crippen molar-refractivity contribution in [2.75, 3.05) is 0 Å². The zero-order valence-corrected chi connectivity index (χ0v) is 10.6. The molecule has 4 nitrogen and oxygen atoms in total. The van der Waals surface area contributed by atoms with Crippen LogP contribution in [-0.2, 0) is 4.79 Å². The number of aliphatic carboxylic acids is 1. The van der Waals surface area contributed by atoms with E-state index in [1.165, 1.54) is 11.3 Å². The zero-order valence-electron chi connectivity index (χ0n) is 8.99. The van der Waals surface area contributed by atoms with Gasteiger partial charge in [-0.15, -0.1) is 23.7 Å². The molecule has 1 aromatic heterocycles. The number of terminal acetylenes is 1. The summed E-state index contributed by atoms with van der Waals surface area (Å²) in [5.74, 6) is 0.517. The zero-order chi connectivity index (χ0) is 13.0. The summed E-state index contributed by atoms with van der Waals surface area (Å²) in [6.45, 7) is 1.77. The van der Waals surface area contributed by atoms with Gasteiger partial charge >= 0.3 is 5.97 Å². The number of rotatable bonds is 4. The van der Waals surface area contributed by atoms with E-state index in [2.05, 4.69) is 11.2 Å². The van der Waals surface area contributed by atoms with E-state index < -0.39 is 17.9 Å². The van der Waals surface area contributed by atoms with Crippen molar-refractivity contribution in [1.82, 2.24) is 5.32 Å². The predicted octanol–water partition coefficient (Wildman–Crippen LogP) is 1.92. The average molecular weight is 272 g/mol. The van der Waals surface area contributed by atoms with Crippen LogP contribution in [0.5, 0.6) is 0 Å². The number of amides is 1. The van der Waals surface area contributed by atoms with Crippen LogP contribution >= 0.6 is 22.9 Å². The largest absolute Gasteiger partial charge is 0.480 e. The fraction of sp³-hybridized carbons (Fsp3) is 0.273. The van der Waals surface area contributed by atoms with Crippen molar-refractivity contribution in [1.29, 1.82) is 0 Å². The highest BCUT2D eigenvalue weighted by molar-refractivity contribution is 7.13. The molecule has 0 aliphatic carbocycles. The van der Waals surface area contributed by atoms with Gasteiger partial charge in [-0.25, -0.2) is 4.79 Å². The van der Waals surface area contributed by atoms with Gasteiger partial charge in [-0.3, -0.25) is 4.79 Å². The first-order valence-corrected chi connectivity index (χ1v) is 5.93. The molecule has 6 heteroatoms. The van der Waals surface area contributed by atoms with Gasteiger partial charge in [0.15, 0.2) is 0 Å². The van der Waals surface area contributed by atoms with E-state index >= 15 is 0 Å². The van der Waals surface area contributed by atoms with Gasteiger partial charge < -0.3 is 10.4 Å². The van der Waals surface area contributed by atoms with Crippen LogP contribution in [0.1, 0.15) is 21.7 Å². The maximum Gasteiger partial charge on any atom is 0.327 e. The number of hydrogen-bond acceptors (Lipinski definition) is 3. The fourth-order valence-electron chi connectivity index (χ4n) is 1.12. The van der Waals surface area contributed by atoms with Crippen LogP contribution in [0.15, 0.2) is 5.38 Å². The van der Waals surface area contributed by atoms with Crippen LogP contribution in [0.4, 0.5) is 0 Å². The summed E-state index contributed by atoms with van der Waals surface area (Å²) >= 11 is 7.07. The van der Waals surface area contributed by atoms with Gasteiger partial charge in [0.05, 0.1) is 5.02 Å². The van der Waals surface area contributed by atoms with E-state index in [0.717, 1.165) is 5.56 Å². The molecular weight excluding hydrogens is 262 g/mol. The molecule has 0 aliphatic rings. The lowest BCUT2D eigenvalue weighted by Gasteiger charge is -2.10. The Morgan fingerprint density at radius 1 is 1.71 bits per heavy atom. The minimum absolute atomic E-state index is 0.0664. The Kier molecular flexibility index (Phi) is 4.55. The highest BCUT2D eigenvalue weighted by Crippen LogP contribution is 2.26. The molecule has 17 heavy (non-hydrogen) atoms. The second-order valence-electron chi connectivity index (χ2n) is 3.33. The number of thiophene rings is 1. The molecule has 0 spiro atoms. The van der Waals surface area contributed by atoms with Crippen LogP contribution in [0.3, 0.4) is 0 Å². The Bertz CT molecular complexity index is 489. The minimum atomic E-state index is -1.17. The molecule has 90 valence electrons. The van der Waals surface area contributed by atoms with Crippen molar-refractivity contribution in [2.24, 2.45) is 0 Å². The molecule has 1 rings (SSSR count). The quantitative estimate of drug-likeness (QED) is 0.822. The highest BCUT2D eigenvalue weighted by Gasteiger charge is 2.22. The summed E-state index contributed by atoms with van der Waals surface area (Å²) in [5, 5.41) is 13.2. The van der Waals surface area contributed by atoms with Crippen molar-refractivity contribution in [3.8, 4) is 12.3 Å². The smallest absolute Gasteiger partial charge is 0.327 e. The Balaban J connectivity index is 2.82. The summed E-state index contributed by atoms with van der Waals surface area (Å²) < 4.78 is 0. The predicted molar refractivity (Wildman–Crippen MR) is 66.4 cm³/mol. The Labute approximate surface area is 108 Å². The summed E-state index contributed by atoms with van der Waals surface area (Å²) in [6, 6.07) is -1.09. The topological polar surface area (TPSA) is 66.4 Å². The van der Waals surface area contributed by atoms with E-state index in [1.54, 1.807) is 12.3 Å². The third-order valence-electron chi connectivity index (χ3n) is 2.03. The van der Waals surface area contributed by atoms with Crippen LogP contribution < -0.4 is 5.32 Å². The third kappa shape index (κ3) is 3.22. The number of aryl methyl sites for hydroxylation is 1. The molecule has 0 aromatic carbocycles. The molecule has 1 atom stereocenters. The molecule has 0 bridgehead atoms. The summed E-state index contributed by atoms with van der Waals surface area (Å²) in [5.41, 5.74) is 0.783. The van der Waals surface area contributed by atoms with Crippen molar-refractivity contribution >= 4 is 34.8 Å². The lowest BCUT2D eigenvalue weighted by molar-refractivity contribution is -0.139. The summed E-state index contributed by atoms with van der Waals surface area (Å²) in [6.07, 6.45) is 4.96. The van der Waals surface area contributed by atoms with Gasteiger partial charge in [0, 0.05) is 6.42 Å². The molecule has 0 saturated carbocycles. The molecule has 0 aliphatic heterocycles. The highest BCUT2D eigenvalue weighted by atomic mass is 35.5. The van der Waals surface area contributed by atoms with Crippen molar-refractivity contribution in [3.63, 3.8) is 0 Å². The monoisotopic (exact) mass is 271 g/mol. The maximum atomic E-state index is 11.8. The van der Waals surface area contributed by atoms with Crippen LogP contribution in [0.25, 0.3) is 0 Å². The van der Waals surface area contributed by atoms with Crippen LogP contribution in [-0.4, -0.2) is 23.0 Å². The standard InChI is InChI=1S/C11H10ClNO3S/c1-3-4-7(11(15)16)13-10(14)9-8(12)6(2)5-17-9/h1,5,7H,4H2,2H3,(H,13,14)(H,15,16). The van der Waals surface area contributed by atoms with E-state index in [9.17, 15) is 9.59 Å². The molecule has 1 heterocycles.